The van der Waals surface area contributed by atoms with Gasteiger partial charge in [-0.3, -0.25) is 9.89 Å². The topological polar surface area (TPSA) is 61.5 Å². The number of methoxy groups -OCH3 is 1. The monoisotopic (exact) mass is 328 g/mol. The van der Waals surface area contributed by atoms with Crippen LogP contribution in [-0.4, -0.2) is 54.3 Å². The van der Waals surface area contributed by atoms with Gasteiger partial charge in [0.25, 0.3) is 5.91 Å². The van der Waals surface area contributed by atoms with Gasteiger partial charge in [0, 0.05) is 37.6 Å². The molecule has 0 radical (unpaired) electrons. The Hall–Kier alpha value is -2.50. The quantitative estimate of drug-likeness (QED) is 0.915. The van der Waals surface area contributed by atoms with Crippen LogP contribution in [0, 0.1) is 0 Å². The summed E-state index contributed by atoms with van der Waals surface area (Å²) in [5, 5.41) is 7.11. The van der Waals surface area contributed by atoms with Crippen LogP contribution in [0.5, 0.6) is 5.75 Å². The molecule has 1 aromatic heterocycles. The predicted octanol–water partition coefficient (Wildman–Crippen LogP) is 2.33. The van der Waals surface area contributed by atoms with Gasteiger partial charge in [-0.25, -0.2) is 0 Å². The first-order chi connectivity index (χ1) is 11.7. The standard InChI is InChI=1S/C18H24N4O2/c1-3-4-14-13-17(20-19-14)18(23)22-11-9-21(10-12-22)15-5-7-16(24-2)8-6-15/h5-8,13H,3-4,9-12H2,1-2H3,(H,19,20). The van der Waals surface area contributed by atoms with Crippen molar-refractivity contribution < 1.29 is 9.53 Å². The molecular formula is C18H24N4O2. The predicted molar refractivity (Wildman–Crippen MR) is 93.7 cm³/mol. The molecule has 0 spiro atoms. The van der Waals surface area contributed by atoms with Gasteiger partial charge in [0.2, 0.25) is 0 Å². The lowest BCUT2D eigenvalue weighted by Gasteiger charge is -2.35. The third kappa shape index (κ3) is 3.53. The fourth-order valence-electron chi connectivity index (χ4n) is 2.99. The van der Waals surface area contributed by atoms with Crippen LogP contribution in [0.25, 0.3) is 0 Å². The minimum atomic E-state index is 0.0167. The number of amides is 1. The number of carbonyl (C=O) groups excluding carboxylic acids is 1. The number of aromatic amines is 1. The number of benzene rings is 1. The molecule has 1 N–H and O–H groups in total. The van der Waals surface area contributed by atoms with Crippen LogP contribution in [0.1, 0.15) is 29.5 Å². The van der Waals surface area contributed by atoms with Crippen LogP contribution >= 0.6 is 0 Å². The van der Waals surface area contributed by atoms with Gasteiger partial charge < -0.3 is 14.5 Å². The van der Waals surface area contributed by atoms with E-state index in [1.807, 2.05) is 23.1 Å². The summed E-state index contributed by atoms with van der Waals surface area (Å²) in [6, 6.07) is 9.92. The normalized spacial score (nSPS) is 14.8. The van der Waals surface area contributed by atoms with E-state index in [2.05, 4.69) is 34.2 Å². The summed E-state index contributed by atoms with van der Waals surface area (Å²) in [5.74, 6) is 0.872. The molecule has 0 atom stereocenters. The second kappa shape index (κ2) is 7.38. The molecule has 128 valence electrons. The zero-order chi connectivity index (χ0) is 16.9. The smallest absolute Gasteiger partial charge is 0.274 e. The van der Waals surface area contributed by atoms with Crippen molar-refractivity contribution in [3.05, 3.63) is 41.7 Å². The number of anilines is 1. The lowest BCUT2D eigenvalue weighted by molar-refractivity contribution is 0.0741. The third-order valence-corrected chi connectivity index (χ3v) is 4.37. The van der Waals surface area contributed by atoms with Crippen molar-refractivity contribution in [2.24, 2.45) is 0 Å². The van der Waals surface area contributed by atoms with E-state index in [1.54, 1.807) is 7.11 Å². The van der Waals surface area contributed by atoms with E-state index in [9.17, 15) is 4.79 Å². The van der Waals surface area contributed by atoms with Crippen LogP contribution in [0.15, 0.2) is 30.3 Å². The van der Waals surface area contributed by atoms with Gasteiger partial charge in [-0.1, -0.05) is 13.3 Å². The zero-order valence-corrected chi connectivity index (χ0v) is 14.3. The molecule has 1 fully saturated rings. The number of aryl methyl sites for hydroxylation is 1. The molecule has 0 aliphatic carbocycles. The molecule has 0 saturated carbocycles. The molecule has 1 aliphatic rings. The molecular weight excluding hydrogens is 304 g/mol. The second-order valence-corrected chi connectivity index (χ2v) is 6.01. The van der Waals surface area contributed by atoms with E-state index in [4.69, 9.17) is 4.74 Å². The van der Waals surface area contributed by atoms with Crippen molar-refractivity contribution in [1.29, 1.82) is 0 Å². The van der Waals surface area contributed by atoms with Crippen molar-refractivity contribution >= 4 is 11.6 Å². The number of hydrogen-bond donors (Lipinski definition) is 1. The van der Waals surface area contributed by atoms with E-state index in [0.29, 0.717) is 18.8 Å². The molecule has 2 heterocycles. The number of carbonyl (C=O) groups is 1. The highest BCUT2D eigenvalue weighted by Crippen LogP contribution is 2.21. The Balaban J connectivity index is 1.58. The summed E-state index contributed by atoms with van der Waals surface area (Å²) in [5.41, 5.74) is 2.71. The summed E-state index contributed by atoms with van der Waals surface area (Å²) in [7, 11) is 1.67. The van der Waals surface area contributed by atoms with Crippen LogP contribution in [0.3, 0.4) is 0 Å². The van der Waals surface area contributed by atoms with Crippen molar-refractivity contribution in [3.8, 4) is 5.75 Å². The number of hydrogen-bond acceptors (Lipinski definition) is 4. The zero-order valence-electron chi connectivity index (χ0n) is 14.3. The summed E-state index contributed by atoms with van der Waals surface area (Å²) >= 11 is 0. The molecule has 1 aliphatic heterocycles. The van der Waals surface area contributed by atoms with Gasteiger partial charge in [0.15, 0.2) is 0 Å². The van der Waals surface area contributed by atoms with E-state index in [0.717, 1.165) is 43.1 Å². The molecule has 3 rings (SSSR count). The average molecular weight is 328 g/mol. The number of ether oxygens (including phenoxy) is 1. The highest BCUT2D eigenvalue weighted by Gasteiger charge is 2.24. The maximum absolute atomic E-state index is 12.6. The number of nitrogens with zero attached hydrogens (tertiary/aromatic N) is 3. The fourth-order valence-corrected chi connectivity index (χ4v) is 2.99. The molecule has 2 aromatic rings. The minimum Gasteiger partial charge on any atom is -0.497 e. The van der Waals surface area contributed by atoms with Gasteiger partial charge in [0.05, 0.1) is 7.11 Å². The van der Waals surface area contributed by atoms with Crippen LogP contribution in [-0.2, 0) is 6.42 Å². The number of aromatic nitrogens is 2. The van der Waals surface area contributed by atoms with Crippen LogP contribution < -0.4 is 9.64 Å². The van der Waals surface area contributed by atoms with Crippen molar-refractivity contribution in [2.45, 2.75) is 19.8 Å². The Bertz CT molecular complexity index is 673. The first-order valence-corrected chi connectivity index (χ1v) is 8.44. The van der Waals surface area contributed by atoms with Crippen molar-refractivity contribution in [3.63, 3.8) is 0 Å². The Labute approximate surface area is 142 Å². The highest BCUT2D eigenvalue weighted by molar-refractivity contribution is 5.92. The van der Waals surface area contributed by atoms with E-state index in [-0.39, 0.29) is 5.91 Å². The first kappa shape index (κ1) is 16.4. The van der Waals surface area contributed by atoms with Gasteiger partial charge in [-0.15, -0.1) is 0 Å². The molecule has 6 nitrogen and oxygen atoms in total. The minimum absolute atomic E-state index is 0.0167. The summed E-state index contributed by atoms with van der Waals surface area (Å²) in [4.78, 5) is 16.7. The van der Waals surface area contributed by atoms with Crippen molar-refractivity contribution in [1.82, 2.24) is 15.1 Å². The number of piperazine rings is 1. The average Bonchev–Trinajstić information content (AvgIpc) is 3.10. The van der Waals surface area contributed by atoms with Crippen molar-refractivity contribution in [2.75, 3.05) is 38.2 Å². The van der Waals surface area contributed by atoms with E-state index in [1.165, 1.54) is 0 Å². The Kier molecular flexibility index (Phi) is 5.03. The Morgan fingerprint density at radius 3 is 2.54 bits per heavy atom. The second-order valence-electron chi connectivity index (χ2n) is 6.01. The summed E-state index contributed by atoms with van der Waals surface area (Å²) in [6.45, 7) is 5.18. The Morgan fingerprint density at radius 2 is 1.92 bits per heavy atom. The van der Waals surface area contributed by atoms with Gasteiger partial charge in [-0.2, -0.15) is 5.10 Å². The molecule has 24 heavy (non-hydrogen) atoms. The molecule has 1 amide bonds. The summed E-state index contributed by atoms with van der Waals surface area (Å²) in [6.07, 6.45) is 1.96. The maximum atomic E-state index is 12.6. The molecule has 1 saturated heterocycles. The third-order valence-electron chi connectivity index (χ3n) is 4.37. The number of nitrogens with one attached hydrogen (secondary N) is 1. The van der Waals surface area contributed by atoms with Gasteiger partial charge in [0.1, 0.15) is 11.4 Å². The van der Waals surface area contributed by atoms with E-state index < -0.39 is 0 Å². The molecule has 1 aromatic carbocycles. The highest BCUT2D eigenvalue weighted by atomic mass is 16.5. The molecule has 6 heteroatoms. The van der Waals surface area contributed by atoms with Gasteiger partial charge >= 0.3 is 0 Å². The Morgan fingerprint density at radius 1 is 1.21 bits per heavy atom. The fraction of sp³-hybridized carbons (Fsp3) is 0.444. The lowest BCUT2D eigenvalue weighted by Crippen LogP contribution is -2.48. The number of rotatable bonds is 5. The largest absolute Gasteiger partial charge is 0.497 e. The first-order valence-electron chi connectivity index (χ1n) is 8.44. The molecule has 0 bridgehead atoms. The molecule has 0 unspecified atom stereocenters. The lowest BCUT2D eigenvalue weighted by atomic mass is 10.2. The van der Waals surface area contributed by atoms with Crippen LogP contribution in [0.2, 0.25) is 0 Å². The number of H-pyrrole nitrogens is 1. The maximum Gasteiger partial charge on any atom is 0.274 e. The van der Waals surface area contributed by atoms with Gasteiger partial charge in [-0.05, 0) is 36.8 Å². The van der Waals surface area contributed by atoms with E-state index >= 15 is 0 Å². The van der Waals surface area contributed by atoms with Crippen LogP contribution in [0.4, 0.5) is 5.69 Å². The SMILES string of the molecule is CCCc1cc(C(=O)N2CCN(c3ccc(OC)cc3)CC2)n[nH]1. The summed E-state index contributed by atoms with van der Waals surface area (Å²) < 4.78 is 5.19.